The molecule has 0 atom stereocenters. The molecule has 1 aromatic heterocycles. The van der Waals surface area contributed by atoms with E-state index in [4.69, 9.17) is 23.2 Å². The predicted octanol–water partition coefficient (Wildman–Crippen LogP) is 5.11. The fourth-order valence-corrected chi connectivity index (χ4v) is 3.47. The molecule has 0 radical (unpaired) electrons. The maximum Gasteiger partial charge on any atom is 0.188 e. The number of benzene rings is 1. The summed E-state index contributed by atoms with van der Waals surface area (Å²) in [5.74, 6) is 0.764. The Morgan fingerprint density at radius 3 is 2.63 bits per heavy atom. The lowest BCUT2D eigenvalue weighted by Crippen LogP contribution is -1.92. The Balaban J connectivity index is 2.12. The van der Waals surface area contributed by atoms with Crippen molar-refractivity contribution >= 4 is 46.7 Å². The van der Waals surface area contributed by atoms with E-state index in [9.17, 15) is 0 Å². The molecule has 0 saturated heterocycles. The molecular formula is C13H12Cl2N2S2. The first-order valence-electron chi connectivity index (χ1n) is 5.55. The van der Waals surface area contributed by atoms with Crippen LogP contribution in [0.1, 0.15) is 11.3 Å². The molecule has 2 aromatic rings. The molecular weight excluding hydrogens is 319 g/mol. The van der Waals surface area contributed by atoms with Gasteiger partial charge in [0.25, 0.3) is 0 Å². The van der Waals surface area contributed by atoms with E-state index < -0.39 is 0 Å². The molecule has 2 nitrogen and oxygen atoms in total. The Hall–Kier alpha value is -0.420. The van der Waals surface area contributed by atoms with Crippen molar-refractivity contribution in [3.63, 3.8) is 0 Å². The number of halogens is 2. The lowest BCUT2D eigenvalue weighted by atomic mass is 10.2. The largest absolute Gasteiger partial charge is 0.228 e. The van der Waals surface area contributed by atoms with E-state index in [-0.39, 0.29) is 0 Å². The summed E-state index contributed by atoms with van der Waals surface area (Å²) in [6, 6.07) is 7.54. The van der Waals surface area contributed by atoms with Gasteiger partial charge in [-0.3, -0.25) is 0 Å². The SMILES string of the molecule is CSc1nc(C)cc(SCc2ccc(Cl)cc2Cl)n1. The van der Waals surface area contributed by atoms with Gasteiger partial charge in [-0.2, -0.15) is 0 Å². The zero-order valence-electron chi connectivity index (χ0n) is 10.5. The van der Waals surface area contributed by atoms with Gasteiger partial charge in [0.2, 0.25) is 0 Å². The van der Waals surface area contributed by atoms with Gasteiger partial charge >= 0.3 is 0 Å². The van der Waals surface area contributed by atoms with Crippen LogP contribution in [0.3, 0.4) is 0 Å². The fourth-order valence-electron chi connectivity index (χ4n) is 1.47. The Labute approximate surface area is 131 Å². The molecule has 0 N–H and O–H groups in total. The van der Waals surface area contributed by atoms with Gasteiger partial charge in [0.05, 0.1) is 0 Å². The third-order valence-electron chi connectivity index (χ3n) is 2.38. The van der Waals surface area contributed by atoms with Crippen LogP contribution in [0.25, 0.3) is 0 Å². The second-order valence-corrected chi connectivity index (χ2v) is 6.47. The van der Waals surface area contributed by atoms with Crippen molar-refractivity contribution in [1.82, 2.24) is 9.97 Å². The minimum atomic E-state index is 0.654. The smallest absolute Gasteiger partial charge is 0.188 e. The molecule has 100 valence electrons. The number of hydrogen-bond donors (Lipinski definition) is 0. The van der Waals surface area contributed by atoms with Crippen LogP contribution in [-0.2, 0) is 5.75 Å². The summed E-state index contributed by atoms with van der Waals surface area (Å²) in [7, 11) is 0. The van der Waals surface area contributed by atoms with Crippen LogP contribution in [0.2, 0.25) is 10.0 Å². The highest BCUT2D eigenvalue weighted by atomic mass is 35.5. The van der Waals surface area contributed by atoms with Gasteiger partial charge in [0, 0.05) is 21.5 Å². The van der Waals surface area contributed by atoms with Crippen LogP contribution in [0.4, 0.5) is 0 Å². The van der Waals surface area contributed by atoms with E-state index in [0.29, 0.717) is 10.0 Å². The van der Waals surface area contributed by atoms with Crippen LogP contribution >= 0.6 is 46.7 Å². The minimum Gasteiger partial charge on any atom is -0.228 e. The number of hydrogen-bond acceptors (Lipinski definition) is 4. The topological polar surface area (TPSA) is 25.8 Å². The zero-order valence-corrected chi connectivity index (χ0v) is 13.6. The van der Waals surface area contributed by atoms with E-state index in [0.717, 1.165) is 27.2 Å². The van der Waals surface area contributed by atoms with Crippen molar-refractivity contribution in [3.05, 3.63) is 45.6 Å². The first-order chi connectivity index (χ1) is 9.08. The average molecular weight is 331 g/mol. The molecule has 0 aliphatic rings. The number of rotatable bonds is 4. The fraction of sp³-hybridized carbons (Fsp3) is 0.231. The van der Waals surface area contributed by atoms with Gasteiger partial charge in [-0.1, -0.05) is 41.0 Å². The standard InChI is InChI=1S/C13H12Cl2N2S2/c1-8-5-12(17-13(16-8)18-2)19-7-9-3-4-10(14)6-11(9)15/h3-6H,7H2,1-2H3. The number of thioether (sulfide) groups is 2. The van der Waals surface area contributed by atoms with E-state index >= 15 is 0 Å². The third kappa shape index (κ3) is 4.28. The number of aryl methyl sites for hydroxylation is 1. The highest BCUT2D eigenvalue weighted by Crippen LogP contribution is 2.28. The summed E-state index contributed by atoms with van der Waals surface area (Å²) in [6.45, 7) is 1.97. The molecule has 0 bridgehead atoms. The quantitative estimate of drug-likeness (QED) is 0.442. The van der Waals surface area contributed by atoms with Gasteiger partial charge in [-0.25, -0.2) is 9.97 Å². The summed E-state index contributed by atoms with van der Waals surface area (Å²) >= 11 is 15.2. The second-order valence-electron chi connectivity index (χ2n) is 3.86. The molecule has 0 spiro atoms. The van der Waals surface area contributed by atoms with Crippen molar-refractivity contribution in [2.45, 2.75) is 22.9 Å². The van der Waals surface area contributed by atoms with Gasteiger partial charge in [-0.15, -0.1) is 11.8 Å². The summed E-state index contributed by atoms with van der Waals surface area (Å²) in [6.07, 6.45) is 1.97. The normalized spacial score (nSPS) is 10.7. The van der Waals surface area contributed by atoms with E-state index in [1.165, 1.54) is 0 Å². The molecule has 19 heavy (non-hydrogen) atoms. The van der Waals surface area contributed by atoms with E-state index in [1.54, 1.807) is 29.6 Å². The van der Waals surface area contributed by atoms with E-state index in [1.807, 2.05) is 31.4 Å². The van der Waals surface area contributed by atoms with Gasteiger partial charge in [-0.05, 0) is 36.9 Å². The number of nitrogens with zero attached hydrogens (tertiary/aromatic N) is 2. The van der Waals surface area contributed by atoms with Crippen molar-refractivity contribution in [3.8, 4) is 0 Å². The van der Waals surface area contributed by atoms with Gasteiger partial charge in [0.1, 0.15) is 5.03 Å². The first kappa shape index (κ1) is 15.0. The van der Waals surface area contributed by atoms with Gasteiger partial charge in [0.15, 0.2) is 5.16 Å². The molecule has 2 rings (SSSR count). The first-order valence-corrected chi connectivity index (χ1v) is 8.51. The van der Waals surface area contributed by atoms with Gasteiger partial charge < -0.3 is 0 Å². The monoisotopic (exact) mass is 330 g/mol. The van der Waals surface area contributed by atoms with Crippen molar-refractivity contribution in [2.75, 3.05) is 6.26 Å². The van der Waals surface area contributed by atoms with Crippen LogP contribution < -0.4 is 0 Å². The molecule has 1 heterocycles. The number of aromatic nitrogens is 2. The summed E-state index contributed by atoms with van der Waals surface area (Å²) < 4.78 is 0. The zero-order chi connectivity index (χ0) is 13.8. The van der Waals surface area contributed by atoms with Crippen LogP contribution in [-0.4, -0.2) is 16.2 Å². The van der Waals surface area contributed by atoms with E-state index in [2.05, 4.69) is 9.97 Å². The lowest BCUT2D eigenvalue weighted by Gasteiger charge is -2.06. The average Bonchev–Trinajstić information content (AvgIpc) is 2.37. The molecule has 0 aliphatic heterocycles. The molecule has 0 saturated carbocycles. The van der Waals surface area contributed by atoms with Crippen LogP contribution in [0.5, 0.6) is 0 Å². The lowest BCUT2D eigenvalue weighted by molar-refractivity contribution is 0.866. The van der Waals surface area contributed by atoms with Crippen molar-refractivity contribution in [1.29, 1.82) is 0 Å². The molecule has 0 aliphatic carbocycles. The van der Waals surface area contributed by atoms with Crippen LogP contribution in [0.15, 0.2) is 34.4 Å². The molecule has 1 aromatic carbocycles. The Morgan fingerprint density at radius 2 is 1.95 bits per heavy atom. The summed E-state index contributed by atoms with van der Waals surface area (Å²) in [5.41, 5.74) is 2.03. The Morgan fingerprint density at radius 1 is 1.16 bits per heavy atom. The van der Waals surface area contributed by atoms with Crippen molar-refractivity contribution in [2.24, 2.45) is 0 Å². The Bertz CT molecular complexity index is 591. The Kier molecular flexibility index (Phi) is 5.39. The molecule has 0 amide bonds. The highest BCUT2D eigenvalue weighted by molar-refractivity contribution is 7.99. The maximum absolute atomic E-state index is 6.15. The predicted molar refractivity (Wildman–Crippen MR) is 84.6 cm³/mol. The summed E-state index contributed by atoms with van der Waals surface area (Å²) in [5, 5.41) is 3.10. The second kappa shape index (κ2) is 6.84. The highest BCUT2D eigenvalue weighted by Gasteiger charge is 2.05. The van der Waals surface area contributed by atoms with Crippen LogP contribution in [0, 0.1) is 6.92 Å². The summed E-state index contributed by atoms with van der Waals surface area (Å²) in [4.78, 5) is 8.79. The third-order valence-corrected chi connectivity index (χ3v) is 4.48. The molecule has 6 heteroatoms. The van der Waals surface area contributed by atoms with Crippen molar-refractivity contribution < 1.29 is 0 Å². The minimum absolute atomic E-state index is 0.654. The maximum atomic E-state index is 6.15. The molecule has 0 unspecified atom stereocenters. The molecule has 0 fully saturated rings.